The van der Waals surface area contributed by atoms with E-state index in [0.717, 1.165) is 35.7 Å². The predicted octanol–water partition coefficient (Wildman–Crippen LogP) is 4.85. The van der Waals surface area contributed by atoms with E-state index in [2.05, 4.69) is 50.0 Å². The molecular weight excluding hydrogens is 363 g/mol. The number of benzene rings is 2. The van der Waals surface area contributed by atoms with Crippen LogP contribution in [-0.4, -0.2) is 25.2 Å². The second-order valence-electron chi connectivity index (χ2n) is 8.35. The van der Waals surface area contributed by atoms with Gasteiger partial charge in [-0.2, -0.15) is 0 Å². The summed E-state index contributed by atoms with van der Waals surface area (Å²) in [5.41, 5.74) is 2.87. The number of nitrogens with one attached hydrogen (secondary N) is 1. The molecule has 2 aromatic rings. The summed E-state index contributed by atoms with van der Waals surface area (Å²) in [4.78, 5) is 2.23. The second kappa shape index (κ2) is 7.33. The third-order valence-electron chi connectivity index (χ3n) is 5.50. The standard InChI is InChI=1S/C22H27FN2O.ClH/c1-14(2)24-12-19-20(15-8-5-6-11-18(15)26-19)25-13-22(3,4)16-9-7-10-17(23)21(16)25;/h5-11,14,19-20,24H,12-13H2,1-4H3;1H/t19-,20+;/m0./s1. The van der Waals surface area contributed by atoms with Crippen LogP contribution in [0.1, 0.15) is 44.9 Å². The average Bonchev–Trinajstić information content (AvgIpc) is 3.08. The van der Waals surface area contributed by atoms with Gasteiger partial charge in [0.2, 0.25) is 0 Å². The Morgan fingerprint density at radius 1 is 1.19 bits per heavy atom. The molecule has 0 aromatic heterocycles. The minimum absolute atomic E-state index is 0. The lowest BCUT2D eigenvalue weighted by atomic mass is 9.87. The molecule has 0 amide bonds. The van der Waals surface area contributed by atoms with Crippen molar-refractivity contribution >= 4 is 18.1 Å². The van der Waals surface area contributed by atoms with E-state index in [1.54, 1.807) is 6.07 Å². The molecule has 2 aliphatic rings. The minimum atomic E-state index is -0.145. The third-order valence-corrected chi connectivity index (χ3v) is 5.50. The molecular formula is C22H28ClFN2O. The molecule has 0 saturated carbocycles. The van der Waals surface area contributed by atoms with Crippen LogP contribution in [0.2, 0.25) is 0 Å². The fourth-order valence-electron chi connectivity index (χ4n) is 4.31. The molecule has 0 saturated heterocycles. The van der Waals surface area contributed by atoms with Crippen molar-refractivity contribution in [1.29, 1.82) is 0 Å². The summed E-state index contributed by atoms with van der Waals surface area (Å²) in [5.74, 6) is 0.767. The number of halogens is 2. The van der Waals surface area contributed by atoms with Crippen LogP contribution in [0.4, 0.5) is 10.1 Å². The largest absolute Gasteiger partial charge is 0.486 e. The van der Waals surface area contributed by atoms with Gasteiger partial charge in [-0.15, -0.1) is 12.4 Å². The van der Waals surface area contributed by atoms with Gasteiger partial charge in [-0.25, -0.2) is 4.39 Å². The molecule has 1 N–H and O–H groups in total. The number of hydrogen-bond donors (Lipinski definition) is 1. The van der Waals surface area contributed by atoms with Crippen LogP contribution in [0.25, 0.3) is 0 Å². The fourth-order valence-corrected chi connectivity index (χ4v) is 4.31. The molecule has 2 aromatic carbocycles. The molecule has 0 aliphatic carbocycles. The smallest absolute Gasteiger partial charge is 0.146 e. The van der Waals surface area contributed by atoms with Gasteiger partial charge in [0.1, 0.15) is 17.7 Å². The maximum Gasteiger partial charge on any atom is 0.146 e. The second-order valence-corrected chi connectivity index (χ2v) is 8.35. The summed E-state index contributed by atoms with van der Waals surface area (Å²) in [6, 6.07) is 14.0. The Kier molecular flexibility index (Phi) is 5.42. The van der Waals surface area contributed by atoms with Gasteiger partial charge in [0.15, 0.2) is 0 Å². The van der Waals surface area contributed by atoms with E-state index in [1.165, 1.54) is 0 Å². The van der Waals surface area contributed by atoms with Crippen molar-refractivity contribution in [2.75, 3.05) is 18.0 Å². The number of para-hydroxylation sites is 2. The van der Waals surface area contributed by atoms with Gasteiger partial charge in [0.05, 0.1) is 11.7 Å². The molecule has 0 fully saturated rings. The van der Waals surface area contributed by atoms with Crippen molar-refractivity contribution in [2.24, 2.45) is 0 Å². The van der Waals surface area contributed by atoms with E-state index in [4.69, 9.17) is 4.74 Å². The monoisotopic (exact) mass is 390 g/mol. The van der Waals surface area contributed by atoms with Gasteiger partial charge < -0.3 is 15.0 Å². The van der Waals surface area contributed by atoms with Crippen LogP contribution in [0, 0.1) is 5.82 Å². The summed E-state index contributed by atoms with van der Waals surface area (Å²) in [7, 11) is 0. The summed E-state index contributed by atoms with van der Waals surface area (Å²) in [6.07, 6.45) is -0.0452. The van der Waals surface area contributed by atoms with Crippen molar-refractivity contribution < 1.29 is 9.13 Å². The number of nitrogens with zero attached hydrogens (tertiary/aromatic N) is 1. The Morgan fingerprint density at radius 3 is 2.67 bits per heavy atom. The molecule has 0 unspecified atom stereocenters. The topological polar surface area (TPSA) is 24.5 Å². The highest BCUT2D eigenvalue weighted by molar-refractivity contribution is 5.85. The van der Waals surface area contributed by atoms with E-state index in [-0.39, 0.29) is 35.8 Å². The van der Waals surface area contributed by atoms with Crippen molar-refractivity contribution in [1.82, 2.24) is 5.32 Å². The predicted molar refractivity (Wildman–Crippen MR) is 111 cm³/mol. The normalized spacial score (nSPS) is 22.2. The van der Waals surface area contributed by atoms with Crippen LogP contribution >= 0.6 is 12.4 Å². The Morgan fingerprint density at radius 2 is 1.93 bits per heavy atom. The summed E-state index contributed by atoms with van der Waals surface area (Å²) < 4.78 is 21.1. The number of ether oxygens (including phenoxy) is 1. The van der Waals surface area contributed by atoms with Crippen molar-refractivity contribution in [3.8, 4) is 5.75 Å². The quantitative estimate of drug-likeness (QED) is 0.807. The molecule has 0 radical (unpaired) electrons. The zero-order chi connectivity index (χ0) is 18.5. The first-order valence-corrected chi connectivity index (χ1v) is 9.43. The molecule has 4 rings (SSSR count). The van der Waals surface area contributed by atoms with Gasteiger partial charge in [-0.3, -0.25) is 0 Å². The Balaban J connectivity index is 0.00000210. The van der Waals surface area contributed by atoms with E-state index in [0.29, 0.717) is 6.04 Å². The molecule has 0 bridgehead atoms. The molecule has 27 heavy (non-hydrogen) atoms. The maximum absolute atomic E-state index is 14.9. The molecule has 0 spiro atoms. The lowest BCUT2D eigenvalue weighted by Crippen LogP contribution is -2.43. The third kappa shape index (κ3) is 3.41. The number of rotatable bonds is 4. The van der Waals surface area contributed by atoms with Gasteiger partial charge in [-0.05, 0) is 17.7 Å². The van der Waals surface area contributed by atoms with Crippen LogP contribution in [0.15, 0.2) is 42.5 Å². The maximum atomic E-state index is 14.9. The highest BCUT2D eigenvalue weighted by atomic mass is 35.5. The molecule has 5 heteroatoms. The first-order valence-electron chi connectivity index (χ1n) is 9.43. The van der Waals surface area contributed by atoms with E-state index in [1.807, 2.05) is 24.3 Å². The lowest BCUT2D eigenvalue weighted by Gasteiger charge is -2.32. The van der Waals surface area contributed by atoms with Gasteiger partial charge in [0, 0.05) is 30.1 Å². The molecule has 2 heterocycles. The summed E-state index contributed by atoms with van der Waals surface area (Å²) >= 11 is 0. The highest BCUT2D eigenvalue weighted by Gasteiger charge is 2.46. The first kappa shape index (κ1) is 20.0. The molecule has 2 atom stereocenters. The van der Waals surface area contributed by atoms with Crippen LogP contribution < -0.4 is 15.0 Å². The minimum Gasteiger partial charge on any atom is -0.486 e. The summed E-state index contributed by atoms with van der Waals surface area (Å²) in [6.45, 7) is 10.2. The fraction of sp³-hybridized carbons (Fsp3) is 0.455. The van der Waals surface area contributed by atoms with Crippen molar-refractivity contribution in [2.45, 2.75) is 51.3 Å². The Bertz CT molecular complexity index is 824. The average molecular weight is 391 g/mol. The summed E-state index contributed by atoms with van der Waals surface area (Å²) in [5, 5.41) is 3.49. The SMILES string of the molecule is CC(C)NC[C@@H]1Oc2ccccc2[C@H]1N1CC(C)(C)c2cccc(F)c21.Cl. The van der Waals surface area contributed by atoms with Crippen molar-refractivity contribution in [3.63, 3.8) is 0 Å². The first-order chi connectivity index (χ1) is 12.4. The highest BCUT2D eigenvalue weighted by Crippen LogP contribution is 2.50. The Labute approximate surface area is 167 Å². The van der Waals surface area contributed by atoms with Gasteiger partial charge in [-0.1, -0.05) is 58.0 Å². The molecule has 3 nitrogen and oxygen atoms in total. The molecule has 2 aliphatic heterocycles. The van der Waals surface area contributed by atoms with E-state index < -0.39 is 0 Å². The van der Waals surface area contributed by atoms with Crippen LogP contribution in [-0.2, 0) is 5.41 Å². The number of hydrogen-bond acceptors (Lipinski definition) is 3. The lowest BCUT2D eigenvalue weighted by molar-refractivity contribution is 0.193. The van der Waals surface area contributed by atoms with Gasteiger partial charge in [0.25, 0.3) is 0 Å². The number of anilines is 1. The van der Waals surface area contributed by atoms with E-state index in [9.17, 15) is 4.39 Å². The van der Waals surface area contributed by atoms with Crippen LogP contribution in [0.5, 0.6) is 5.75 Å². The van der Waals surface area contributed by atoms with E-state index >= 15 is 0 Å². The Hall–Kier alpha value is -1.78. The zero-order valence-corrected chi connectivity index (χ0v) is 17.1. The van der Waals surface area contributed by atoms with Gasteiger partial charge >= 0.3 is 0 Å². The van der Waals surface area contributed by atoms with Crippen molar-refractivity contribution in [3.05, 3.63) is 59.4 Å². The van der Waals surface area contributed by atoms with Crippen LogP contribution in [0.3, 0.4) is 0 Å². The number of fused-ring (bicyclic) bond motifs is 2. The molecule has 146 valence electrons. The zero-order valence-electron chi connectivity index (χ0n) is 16.3.